The van der Waals surface area contributed by atoms with Crippen LogP contribution in [0, 0.1) is 0 Å². The first-order valence-corrected chi connectivity index (χ1v) is 9.93. The average Bonchev–Trinajstić information content (AvgIpc) is 3.14. The number of amides is 1. The molecule has 0 spiro atoms. The van der Waals surface area contributed by atoms with Gasteiger partial charge in [0.1, 0.15) is 0 Å². The molecule has 0 atom stereocenters. The largest absolute Gasteiger partial charge is 0.351 e. The minimum absolute atomic E-state index is 0.0620. The highest BCUT2D eigenvalue weighted by Gasteiger charge is 2.18. The number of carbonyl (C=O) groups is 1. The fraction of sp³-hybridized carbons (Fsp3) is 0.421. The van der Waals surface area contributed by atoms with Gasteiger partial charge in [0.2, 0.25) is 5.91 Å². The van der Waals surface area contributed by atoms with Crippen molar-refractivity contribution in [1.82, 2.24) is 15.1 Å². The Kier molecular flexibility index (Phi) is 6.87. The van der Waals surface area contributed by atoms with E-state index in [2.05, 4.69) is 32.6 Å². The number of hydrogen-bond donors (Lipinski definition) is 1. The van der Waals surface area contributed by atoms with Crippen LogP contribution < -0.4 is 5.32 Å². The van der Waals surface area contributed by atoms with E-state index in [1.54, 1.807) is 0 Å². The molecule has 1 amide bonds. The first-order chi connectivity index (χ1) is 12.2. The van der Waals surface area contributed by atoms with Gasteiger partial charge in [0.25, 0.3) is 0 Å². The van der Waals surface area contributed by atoms with Crippen LogP contribution in [-0.2, 0) is 17.8 Å². The fourth-order valence-electron chi connectivity index (χ4n) is 2.99. The van der Waals surface area contributed by atoms with E-state index in [1.165, 1.54) is 4.88 Å². The minimum atomic E-state index is 0.0620. The second-order valence-electron chi connectivity index (χ2n) is 6.32. The van der Waals surface area contributed by atoms with Crippen molar-refractivity contribution >= 4 is 28.8 Å². The van der Waals surface area contributed by atoms with Crippen LogP contribution in [0.15, 0.2) is 41.8 Å². The lowest BCUT2D eigenvalue weighted by Crippen LogP contribution is -2.49. The van der Waals surface area contributed by atoms with Gasteiger partial charge in [0, 0.05) is 49.2 Å². The Labute approximate surface area is 158 Å². The summed E-state index contributed by atoms with van der Waals surface area (Å²) in [5.41, 5.74) is 0.955. The Hall–Kier alpha value is -1.40. The zero-order chi connectivity index (χ0) is 17.5. The highest BCUT2D eigenvalue weighted by molar-refractivity contribution is 7.09. The summed E-state index contributed by atoms with van der Waals surface area (Å²) < 4.78 is 0. The number of carbonyl (C=O) groups excluding carboxylic acids is 1. The number of benzene rings is 1. The summed E-state index contributed by atoms with van der Waals surface area (Å²) in [6.07, 6.45) is 1.12. The van der Waals surface area contributed by atoms with Crippen LogP contribution in [0.4, 0.5) is 0 Å². The molecule has 6 heteroatoms. The van der Waals surface area contributed by atoms with Gasteiger partial charge in [-0.2, -0.15) is 0 Å². The van der Waals surface area contributed by atoms with Crippen LogP contribution in [-0.4, -0.2) is 55.0 Å². The van der Waals surface area contributed by atoms with Crippen molar-refractivity contribution in [3.63, 3.8) is 0 Å². The predicted molar refractivity (Wildman–Crippen MR) is 104 cm³/mol. The van der Waals surface area contributed by atoms with Gasteiger partial charge in [0.05, 0.1) is 6.54 Å². The van der Waals surface area contributed by atoms with Crippen LogP contribution in [0.5, 0.6) is 0 Å². The number of thiophene rings is 1. The Morgan fingerprint density at radius 2 is 1.84 bits per heavy atom. The summed E-state index contributed by atoms with van der Waals surface area (Å²) in [7, 11) is 0. The lowest BCUT2D eigenvalue weighted by molar-refractivity contribution is -0.122. The number of piperazine rings is 1. The van der Waals surface area contributed by atoms with E-state index < -0.39 is 0 Å². The highest BCUT2D eigenvalue weighted by Crippen LogP contribution is 2.14. The number of rotatable bonds is 7. The van der Waals surface area contributed by atoms with E-state index in [4.69, 9.17) is 11.6 Å². The van der Waals surface area contributed by atoms with Crippen LogP contribution >= 0.6 is 22.9 Å². The lowest BCUT2D eigenvalue weighted by Gasteiger charge is -2.34. The number of nitrogens with zero attached hydrogens (tertiary/aromatic N) is 2. The van der Waals surface area contributed by atoms with Gasteiger partial charge >= 0.3 is 0 Å². The topological polar surface area (TPSA) is 35.6 Å². The van der Waals surface area contributed by atoms with E-state index in [0.717, 1.165) is 44.7 Å². The van der Waals surface area contributed by atoms with Crippen molar-refractivity contribution in [1.29, 1.82) is 0 Å². The zero-order valence-electron chi connectivity index (χ0n) is 14.3. The molecule has 1 aliphatic heterocycles. The summed E-state index contributed by atoms with van der Waals surface area (Å²) in [5.74, 6) is 0.0620. The van der Waals surface area contributed by atoms with Gasteiger partial charge < -0.3 is 10.2 Å². The standard InChI is InChI=1S/C19H24ClN3OS/c20-18-6-2-1-4-16(18)14-21-19(24)15-23-11-9-22(10-12-23)8-7-17-5-3-13-25-17/h1-6,13H,7-12,14-15H2,(H,21,24). The van der Waals surface area contributed by atoms with Crippen LogP contribution in [0.3, 0.4) is 0 Å². The third-order valence-electron chi connectivity index (χ3n) is 4.52. The van der Waals surface area contributed by atoms with E-state index in [-0.39, 0.29) is 5.91 Å². The van der Waals surface area contributed by atoms with E-state index in [0.29, 0.717) is 18.1 Å². The molecule has 1 aromatic carbocycles. The molecule has 4 nitrogen and oxygen atoms in total. The third-order valence-corrected chi connectivity index (χ3v) is 5.83. The first kappa shape index (κ1) is 18.4. The van der Waals surface area contributed by atoms with Crippen molar-refractivity contribution in [2.75, 3.05) is 39.3 Å². The molecule has 0 unspecified atom stereocenters. The second kappa shape index (κ2) is 9.34. The second-order valence-corrected chi connectivity index (χ2v) is 7.75. The molecule has 25 heavy (non-hydrogen) atoms. The molecule has 1 aliphatic rings. The molecule has 2 aromatic rings. The van der Waals surface area contributed by atoms with Gasteiger partial charge in [0.15, 0.2) is 0 Å². The molecule has 2 heterocycles. The summed E-state index contributed by atoms with van der Waals surface area (Å²) in [6, 6.07) is 11.9. The van der Waals surface area contributed by atoms with Crippen molar-refractivity contribution in [3.8, 4) is 0 Å². The molecule has 0 bridgehead atoms. The summed E-state index contributed by atoms with van der Waals surface area (Å²) in [4.78, 5) is 18.3. The highest BCUT2D eigenvalue weighted by atomic mass is 35.5. The molecular formula is C19H24ClN3OS. The summed E-state index contributed by atoms with van der Waals surface area (Å²) in [6.45, 7) is 6.01. The van der Waals surface area contributed by atoms with Crippen molar-refractivity contribution in [3.05, 3.63) is 57.2 Å². The molecule has 0 radical (unpaired) electrons. The maximum atomic E-state index is 12.2. The molecule has 1 fully saturated rings. The number of nitrogens with one attached hydrogen (secondary N) is 1. The van der Waals surface area contributed by atoms with Gasteiger partial charge in [-0.3, -0.25) is 9.69 Å². The maximum absolute atomic E-state index is 12.2. The zero-order valence-corrected chi connectivity index (χ0v) is 15.9. The van der Waals surface area contributed by atoms with Crippen LogP contribution in [0.2, 0.25) is 5.02 Å². The van der Waals surface area contributed by atoms with Crippen molar-refractivity contribution < 1.29 is 4.79 Å². The Bertz CT molecular complexity index is 669. The summed E-state index contributed by atoms with van der Waals surface area (Å²) in [5, 5.41) is 5.79. The van der Waals surface area contributed by atoms with Gasteiger partial charge in [-0.15, -0.1) is 11.3 Å². The van der Waals surface area contributed by atoms with Gasteiger partial charge in [-0.05, 0) is 29.5 Å². The summed E-state index contributed by atoms with van der Waals surface area (Å²) >= 11 is 7.94. The Morgan fingerprint density at radius 1 is 1.08 bits per heavy atom. The molecule has 0 aliphatic carbocycles. The van der Waals surface area contributed by atoms with Gasteiger partial charge in [-0.25, -0.2) is 0 Å². The number of hydrogen-bond acceptors (Lipinski definition) is 4. The predicted octanol–water partition coefficient (Wildman–Crippen LogP) is 2.88. The molecular weight excluding hydrogens is 354 g/mol. The van der Waals surface area contributed by atoms with E-state index in [9.17, 15) is 4.79 Å². The van der Waals surface area contributed by atoms with Crippen molar-refractivity contribution in [2.24, 2.45) is 0 Å². The van der Waals surface area contributed by atoms with E-state index in [1.807, 2.05) is 35.6 Å². The first-order valence-electron chi connectivity index (χ1n) is 8.68. The molecule has 1 N–H and O–H groups in total. The SMILES string of the molecule is O=C(CN1CCN(CCc2cccs2)CC1)NCc1ccccc1Cl. The molecule has 1 aromatic heterocycles. The Balaban J connectivity index is 1.34. The fourth-order valence-corrected chi connectivity index (χ4v) is 3.89. The molecule has 134 valence electrons. The molecule has 1 saturated heterocycles. The number of halogens is 1. The van der Waals surface area contributed by atoms with Crippen molar-refractivity contribution in [2.45, 2.75) is 13.0 Å². The Morgan fingerprint density at radius 3 is 2.56 bits per heavy atom. The van der Waals surface area contributed by atoms with E-state index >= 15 is 0 Å². The lowest BCUT2D eigenvalue weighted by atomic mass is 10.2. The normalized spacial score (nSPS) is 16.0. The smallest absolute Gasteiger partial charge is 0.234 e. The quantitative estimate of drug-likeness (QED) is 0.805. The van der Waals surface area contributed by atoms with Crippen LogP contribution in [0.1, 0.15) is 10.4 Å². The van der Waals surface area contributed by atoms with Gasteiger partial charge in [-0.1, -0.05) is 35.9 Å². The average molecular weight is 378 g/mol. The maximum Gasteiger partial charge on any atom is 0.234 e. The van der Waals surface area contributed by atoms with Crippen LogP contribution in [0.25, 0.3) is 0 Å². The molecule has 0 saturated carbocycles. The molecule has 3 rings (SSSR count). The minimum Gasteiger partial charge on any atom is -0.351 e. The monoisotopic (exact) mass is 377 g/mol. The third kappa shape index (κ3) is 5.82.